The summed E-state index contributed by atoms with van der Waals surface area (Å²) in [6, 6.07) is 4.01. The second kappa shape index (κ2) is 6.43. The van der Waals surface area contributed by atoms with Crippen LogP contribution in [0.15, 0.2) is 12.1 Å². The minimum atomic E-state index is 0.442. The molecule has 5 heteroatoms. The van der Waals surface area contributed by atoms with E-state index in [1.165, 1.54) is 12.2 Å². The number of halogens is 1. The van der Waals surface area contributed by atoms with Gasteiger partial charge >= 0.3 is 0 Å². The fraction of sp³-hybridized carbons (Fsp3) is 0.538. The van der Waals surface area contributed by atoms with E-state index in [4.69, 9.17) is 11.6 Å². The SMILES string of the molecule is CSCCCCn1c(CCl)nc2ccc(C)nc21. The van der Waals surface area contributed by atoms with Crippen molar-refractivity contribution in [2.75, 3.05) is 12.0 Å². The molecule has 18 heavy (non-hydrogen) atoms. The maximum Gasteiger partial charge on any atom is 0.160 e. The van der Waals surface area contributed by atoms with Gasteiger partial charge in [0.2, 0.25) is 0 Å². The van der Waals surface area contributed by atoms with Crippen LogP contribution in [-0.2, 0) is 12.4 Å². The Labute approximate surface area is 117 Å². The molecule has 0 bridgehead atoms. The number of unbranched alkanes of at least 4 members (excludes halogenated alkanes) is 1. The highest BCUT2D eigenvalue weighted by molar-refractivity contribution is 7.98. The molecule has 0 aliphatic rings. The first-order valence-corrected chi connectivity index (χ1v) is 8.06. The summed E-state index contributed by atoms with van der Waals surface area (Å²) >= 11 is 7.86. The highest BCUT2D eigenvalue weighted by Gasteiger charge is 2.10. The summed E-state index contributed by atoms with van der Waals surface area (Å²) in [5.74, 6) is 2.57. The number of fused-ring (bicyclic) bond motifs is 1. The van der Waals surface area contributed by atoms with Crippen LogP contribution in [0.2, 0.25) is 0 Å². The molecule has 0 aliphatic carbocycles. The number of hydrogen-bond acceptors (Lipinski definition) is 3. The molecule has 0 atom stereocenters. The molecule has 0 aliphatic heterocycles. The van der Waals surface area contributed by atoms with Crippen LogP contribution in [-0.4, -0.2) is 26.5 Å². The molecule has 0 unspecified atom stereocenters. The van der Waals surface area contributed by atoms with E-state index in [2.05, 4.69) is 20.8 Å². The van der Waals surface area contributed by atoms with Crippen LogP contribution in [0, 0.1) is 6.92 Å². The molecule has 0 saturated heterocycles. The maximum atomic E-state index is 5.97. The van der Waals surface area contributed by atoms with Gasteiger partial charge in [0.15, 0.2) is 5.65 Å². The third-order valence-corrected chi connectivity index (χ3v) is 3.85. The third kappa shape index (κ3) is 2.98. The zero-order chi connectivity index (χ0) is 13.0. The van der Waals surface area contributed by atoms with Crippen molar-refractivity contribution < 1.29 is 0 Å². The number of hydrogen-bond donors (Lipinski definition) is 0. The summed E-state index contributed by atoms with van der Waals surface area (Å²) in [5.41, 5.74) is 2.94. The van der Waals surface area contributed by atoms with Crippen LogP contribution < -0.4 is 0 Å². The molecule has 98 valence electrons. The Kier molecular flexibility index (Phi) is 4.89. The van der Waals surface area contributed by atoms with E-state index >= 15 is 0 Å². The number of nitrogens with zero attached hydrogens (tertiary/aromatic N) is 3. The van der Waals surface area contributed by atoms with Crippen molar-refractivity contribution >= 4 is 34.5 Å². The van der Waals surface area contributed by atoms with E-state index in [1.807, 2.05) is 30.8 Å². The van der Waals surface area contributed by atoms with Gasteiger partial charge in [-0.2, -0.15) is 11.8 Å². The van der Waals surface area contributed by atoms with E-state index in [9.17, 15) is 0 Å². The van der Waals surface area contributed by atoms with Gasteiger partial charge in [-0.05, 0) is 43.9 Å². The fourth-order valence-electron chi connectivity index (χ4n) is 2.00. The average molecular weight is 284 g/mol. The lowest BCUT2D eigenvalue weighted by molar-refractivity contribution is 0.627. The monoisotopic (exact) mass is 283 g/mol. The lowest BCUT2D eigenvalue weighted by Crippen LogP contribution is -2.04. The van der Waals surface area contributed by atoms with E-state index in [-0.39, 0.29) is 0 Å². The van der Waals surface area contributed by atoms with Crippen LogP contribution in [0.5, 0.6) is 0 Å². The zero-order valence-corrected chi connectivity index (χ0v) is 12.4. The third-order valence-electron chi connectivity index (χ3n) is 2.91. The molecular formula is C13H18ClN3S. The Morgan fingerprint density at radius 3 is 2.83 bits per heavy atom. The zero-order valence-electron chi connectivity index (χ0n) is 10.8. The minimum absolute atomic E-state index is 0.442. The summed E-state index contributed by atoms with van der Waals surface area (Å²) in [5, 5.41) is 0. The van der Waals surface area contributed by atoms with Crippen LogP contribution in [0.1, 0.15) is 24.4 Å². The number of aromatic nitrogens is 3. The molecular weight excluding hydrogens is 266 g/mol. The van der Waals surface area contributed by atoms with Gasteiger partial charge in [-0.3, -0.25) is 0 Å². The highest BCUT2D eigenvalue weighted by Crippen LogP contribution is 2.17. The van der Waals surface area contributed by atoms with Crippen molar-refractivity contribution in [1.29, 1.82) is 0 Å². The molecule has 0 N–H and O–H groups in total. The first-order chi connectivity index (χ1) is 8.76. The van der Waals surface area contributed by atoms with Gasteiger partial charge in [-0.15, -0.1) is 11.6 Å². The van der Waals surface area contributed by atoms with Gasteiger partial charge in [0.05, 0.1) is 5.88 Å². The molecule has 0 radical (unpaired) electrons. The van der Waals surface area contributed by atoms with E-state index in [0.29, 0.717) is 5.88 Å². The van der Waals surface area contributed by atoms with Gasteiger partial charge < -0.3 is 4.57 Å². The van der Waals surface area contributed by atoms with Crippen LogP contribution in [0.4, 0.5) is 0 Å². The van der Waals surface area contributed by atoms with Crippen molar-refractivity contribution in [3.8, 4) is 0 Å². The number of imidazole rings is 1. The van der Waals surface area contributed by atoms with Gasteiger partial charge in [-0.25, -0.2) is 9.97 Å². The molecule has 0 amide bonds. The van der Waals surface area contributed by atoms with E-state index in [1.54, 1.807) is 0 Å². The van der Waals surface area contributed by atoms with Crippen LogP contribution in [0.25, 0.3) is 11.2 Å². The van der Waals surface area contributed by atoms with Crippen molar-refractivity contribution in [3.63, 3.8) is 0 Å². The highest BCUT2D eigenvalue weighted by atomic mass is 35.5. The standard InChI is InChI=1S/C13H18ClN3S/c1-10-5-6-11-13(15-10)17(12(9-14)16-11)7-3-4-8-18-2/h5-6H,3-4,7-9H2,1-2H3. The Morgan fingerprint density at radius 2 is 2.11 bits per heavy atom. The lowest BCUT2D eigenvalue weighted by Gasteiger charge is -2.06. The summed E-state index contributed by atoms with van der Waals surface area (Å²) in [6.07, 6.45) is 4.50. The number of pyridine rings is 1. The quantitative estimate of drug-likeness (QED) is 0.599. The van der Waals surface area contributed by atoms with Gasteiger partial charge in [0.25, 0.3) is 0 Å². The van der Waals surface area contributed by atoms with Gasteiger partial charge in [0.1, 0.15) is 11.3 Å². The Morgan fingerprint density at radius 1 is 1.28 bits per heavy atom. The number of rotatable bonds is 6. The van der Waals surface area contributed by atoms with Gasteiger partial charge in [-0.1, -0.05) is 0 Å². The molecule has 2 heterocycles. The van der Waals surface area contributed by atoms with Crippen molar-refractivity contribution in [2.24, 2.45) is 0 Å². The summed E-state index contributed by atoms with van der Waals surface area (Å²) in [4.78, 5) is 9.11. The van der Waals surface area contributed by atoms with Crippen LogP contribution in [0.3, 0.4) is 0 Å². The smallest absolute Gasteiger partial charge is 0.160 e. The molecule has 0 aromatic carbocycles. The summed E-state index contributed by atoms with van der Waals surface area (Å²) in [6.45, 7) is 2.96. The molecule has 0 spiro atoms. The Balaban J connectivity index is 2.25. The normalized spacial score (nSPS) is 11.3. The average Bonchev–Trinajstić information content (AvgIpc) is 2.72. The second-order valence-corrected chi connectivity index (χ2v) is 5.56. The lowest BCUT2D eigenvalue weighted by atomic mass is 10.3. The Hall–Kier alpha value is -0.740. The summed E-state index contributed by atoms with van der Waals surface area (Å²) in [7, 11) is 0. The number of thioether (sulfide) groups is 1. The molecule has 0 fully saturated rings. The maximum absolute atomic E-state index is 5.97. The molecule has 2 aromatic heterocycles. The molecule has 3 nitrogen and oxygen atoms in total. The number of alkyl halides is 1. The molecule has 2 aromatic rings. The predicted molar refractivity (Wildman–Crippen MR) is 79.4 cm³/mol. The van der Waals surface area contributed by atoms with E-state index in [0.717, 1.165) is 35.6 Å². The number of aryl methyl sites for hydroxylation is 2. The van der Waals surface area contributed by atoms with Crippen LogP contribution >= 0.6 is 23.4 Å². The largest absolute Gasteiger partial charge is 0.312 e. The fourth-order valence-corrected chi connectivity index (χ4v) is 2.69. The van der Waals surface area contributed by atoms with E-state index < -0.39 is 0 Å². The minimum Gasteiger partial charge on any atom is -0.312 e. The van der Waals surface area contributed by atoms with Crippen molar-refractivity contribution in [3.05, 3.63) is 23.7 Å². The molecule has 2 rings (SSSR count). The molecule has 0 saturated carbocycles. The topological polar surface area (TPSA) is 30.7 Å². The predicted octanol–water partition coefficient (Wildman–Crippen LogP) is 3.62. The first-order valence-electron chi connectivity index (χ1n) is 6.14. The van der Waals surface area contributed by atoms with Crippen molar-refractivity contribution in [2.45, 2.75) is 32.2 Å². The van der Waals surface area contributed by atoms with Crippen molar-refractivity contribution in [1.82, 2.24) is 14.5 Å². The Bertz CT molecular complexity index is 524. The van der Waals surface area contributed by atoms with Gasteiger partial charge in [0, 0.05) is 12.2 Å². The summed E-state index contributed by atoms with van der Waals surface area (Å²) < 4.78 is 2.16. The first kappa shape index (κ1) is 13.7. The second-order valence-electron chi connectivity index (χ2n) is 4.31.